The van der Waals surface area contributed by atoms with Gasteiger partial charge in [0, 0.05) is 16.2 Å². The quantitative estimate of drug-likeness (QED) is 0.893. The van der Waals surface area contributed by atoms with Crippen molar-refractivity contribution < 1.29 is 14.7 Å². The average Bonchev–Trinajstić information content (AvgIpc) is 3.14. The lowest BCUT2D eigenvalue weighted by Crippen LogP contribution is -2.40. The maximum atomic E-state index is 12.1. The highest BCUT2D eigenvalue weighted by Crippen LogP contribution is 2.28. The minimum absolute atomic E-state index is 0.0589. The molecule has 1 aliphatic rings. The molecule has 1 fully saturated rings. The maximum absolute atomic E-state index is 12.1. The molecule has 19 heavy (non-hydrogen) atoms. The first-order valence-corrected chi connectivity index (χ1v) is 6.82. The number of hydrogen-bond acceptors (Lipinski definition) is 2. The molecule has 1 saturated carbocycles. The molecule has 0 atom stereocenters. The van der Waals surface area contributed by atoms with Gasteiger partial charge < -0.3 is 15.3 Å². The summed E-state index contributed by atoms with van der Waals surface area (Å²) in [5, 5.41) is 11.6. The highest BCUT2D eigenvalue weighted by molar-refractivity contribution is 9.10. The van der Waals surface area contributed by atoms with Crippen LogP contribution in [0.15, 0.2) is 22.7 Å². The summed E-state index contributed by atoms with van der Waals surface area (Å²) in [5.74, 6) is -0.993. The largest absolute Gasteiger partial charge is 0.480 e. The Bertz CT molecular complexity index is 515. The van der Waals surface area contributed by atoms with Gasteiger partial charge in [-0.1, -0.05) is 22.0 Å². The van der Waals surface area contributed by atoms with E-state index in [1.165, 1.54) is 4.90 Å². The second-order valence-electron chi connectivity index (χ2n) is 4.64. The van der Waals surface area contributed by atoms with Crippen molar-refractivity contribution in [3.63, 3.8) is 0 Å². The van der Waals surface area contributed by atoms with Crippen molar-refractivity contribution in [2.75, 3.05) is 11.9 Å². The van der Waals surface area contributed by atoms with Crippen molar-refractivity contribution in [2.24, 2.45) is 0 Å². The van der Waals surface area contributed by atoms with E-state index in [0.717, 1.165) is 22.9 Å². The second kappa shape index (κ2) is 5.61. The monoisotopic (exact) mass is 326 g/mol. The van der Waals surface area contributed by atoms with E-state index in [2.05, 4.69) is 21.2 Å². The molecule has 0 aromatic heterocycles. The Hall–Kier alpha value is -1.56. The fourth-order valence-electron chi connectivity index (χ4n) is 1.81. The Morgan fingerprint density at radius 2 is 2.16 bits per heavy atom. The third-order valence-electron chi connectivity index (χ3n) is 3.00. The van der Waals surface area contributed by atoms with E-state index in [-0.39, 0.29) is 18.6 Å². The van der Waals surface area contributed by atoms with Gasteiger partial charge in [-0.3, -0.25) is 4.79 Å². The zero-order valence-corrected chi connectivity index (χ0v) is 12.1. The SMILES string of the molecule is Cc1ccc(Br)cc1NC(=O)N(CC(=O)O)C1CC1. The van der Waals surface area contributed by atoms with Gasteiger partial charge in [-0.15, -0.1) is 0 Å². The smallest absolute Gasteiger partial charge is 0.323 e. The van der Waals surface area contributed by atoms with Crippen molar-refractivity contribution in [3.8, 4) is 0 Å². The summed E-state index contributed by atoms with van der Waals surface area (Å²) < 4.78 is 0.865. The molecule has 1 aromatic rings. The lowest BCUT2D eigenvalue weighted by atomic mass is 10.2. The third kappa shape index (κ3) is 3.70. The zero-order chi connectivity index (χ0) is 14.0. The first-order valence-electron chi connectivity index (χ1n) is 6.03. The van der Waals surface area contributed by atoms with Gasteiger partial charge in [-0.2, -0.15) is 0 Å². The van der Waals surface area contributed by atoms with Crippen LogP contribution in [0.3, 0.4) is 0 Å². The normalized spacial score (nSPS) is 14.0. The molecule has 0 heterocycles. The molecule has 0 saturated heterocycles. The van der Waals surface area contributed by atoms with Gasteiger partial charge in [0.1, 0.15) is 6.54 Å². The minimum atomic E-state index is -0.993. The topological polar surface area (TPSA) is 69.6 Å². The van der Waals surface area contributed by atoms with Gasteiger partial charge in [0.25, 0.3) is 0 Å². The Morgan fingerprint density at radius 1 is 1.47 bits per heavy atom. The van der Waals surface area contributed by atoms with Crippen molar-refractivity contribution in [2.45, 2.75) is 25.8 Å². The lowest BCUT2D eigenvalue weighted by molar-refractivity contribution is -0.137. The number of carbonyl (C=O) groups excluding carboxylic acids is 1. The fraction of sp³-hybridized carbons (Fsp3) is 0.385. The number of hydrogen-bond donors (Lipinski definition) is 2. The van der Waals surface area contributed by atoms with Gasteiger partial charge in [0.2, 0.25) is 0 Å². The highest BCUT2D eigenvalue weighted by atomic mass is 79.9. The summed E-state index contributed by atoms with van der Waals surface area (Å²) in [7, 11) is 0. The van der Waals surface area contributed by atoms with Crippen molar-refractivity contribution >= 4 is 33.6 Å². The number of aryl methyl sites for hydroxylation is 1. The number of aliphatic carboxylic acids is 1. The molecule has 2 amide bonds. The molecule has 1 aromatic carbocycles. The van der Waals surface area contributed by atoms with Crippen LogP contribution in [-0.2, 0) is 4.79 Å². The predicted molar refractivity (Wildman–Crippen MR) is 75.3 cm³/mol. The molecule has 0 aliphatic heterocycles. The number of urea groups is 1. The number of halogens is 1. The summed E-state index contributed by atoms with van der Waals surface area (Å²) in [6, 6.07) is 5.29. The number of nitrogens with one attached hydrogen (secondary N) is 1. The molecule has 0 bridgehead atoms. The van der Waals surface area contributed by atoms with E-state index in [4.69, 9.17) is 5.11 Å². The molecule has 2 rings (SSSR count). The van der Waals surface area contributed by atoms with E-state index >= 15 is 0 Å². The molecule has 102 valence electrons. The molecule has 6 heteroatoms. The minimum Gasteiger partial charge on any atom is -0.480 e. The van der Waals surface area contributed by atoms with E-state index < -0.39 is 5.97 Å². The van der Waals surface area contributed by atoms with Gasteiger partial charge in [0.05, 0.1) is 0 Å². The first kappa shape index (κ1) is 13.9. The van der Waals surface area contributed by atoms with Gasteiger partial charge in [-0.25, -0.2) is 4.79 Å². The zero-order valence-electron chi connectivity index (χ0n) is 10.5. The standard InChI is InChI=1S/C13H15BrN2O3/c1-8-2-3-9(14)6-11(8)15-13(19)16(7-12(17)18)10-4-5-10/h2-3,6,10H,4-5,7H2,1H3,(H,15,19)(H,17,18). The van der Waals surface area contributed by atoms with Crippen LogP contribution in [0.25, 0.3) is 0 Å². The van der Waals surface area contributed by atoms with Crippen LogP contribution >= 0.6 is 15.9 Å². The average molecular weight is 327 g/mol. The highest BCUT2D eigenvalue weighted by Gasteiger charge is 2.34. The summed E-state index contributed by atoms with van der Waals surface area (Å²) in [5.41, 5.74) is 1.62. The molecule has 0 radical (unpaired) electrons. The Morgan fingerprint density at radius 3 is 2.74 bits per heavy atom. The number of carboxylic acid groups (broad SMARTS) is 1. The van der Waals surface area contributed by atoms with E-state index in [0.29, 0.717) is 5.69 Å². The molecule has 0 spiro atoms. The number of carbonyl (C=O) groups is 2. The summed E-state index contributed by atoms with van der Waals surface area (Å²) >= 11 is 3.35. The van der Waals surface area contributed by atoms with Gasteiger partial charge in [0.15, 0.2) is 0 Å². The summed E-state index contributed by atoms with van der Waals surface area (Å²) in [6.07, 6.45) is 1.75. The second-order valence-corrected chi connectivity index (χ2v) is 5.56. The molecular weight excluding hydrogens is 312 g/mol. The number of amides is 2. The number of nitrogens with zero attached hydrogens (tertiary/aromatic N) is 1. The predicted octanol–water partition coefficient (Wildman–Crippen LogP) is 2.84. The lowest BCUT2D eigenvalue weighted by Gasteiger charge is -2.21. The van der Waals surface area contributed by atoms with Crippen LogP contribution in [0.2, 0.25) is 0 Å². The Balaban J connectivity index is 2.10. The van der Waals surface area contributed by atoms with Crippen LogP contribution in [0.1, 0.15) is 18.4 Å². The van der Waals surface area contributed by atoms with E-state index in [1.807, 2.05) is 19.1 Å². The van der Waals surface area contributed by atoms with Crippen molar-refractivity contribution in [3.05, 3.63) is 28.2 Å². The summed E-state index contributed by atoms with van der Waals surface area (Å²) in [4.78, 5) is 24.3. The Labute approximate surface area is 119 Å². The molecule has 0 unspecified atom stereocenters. The number of carboxylic acids is 1. The van der Waals surface area contributed by atoms with E-state index in [1.54, 1.807) is 6.07 Å². The Kier molecular flexibility index (Phi) is 4.09. The van der Waals surface area contributed by atoms with Crippen molar-refractivity contribution in [1.82, 2.24) is 4.90 Å². The molecule has 2 N–H and O–H groups in total. The van der Waals surface area contributed by atoms with Crippen LogP contribution in [0.4, 0.5) is 10.5 Å². The van der Waals surface area contributed by atoms with Gasteiger partial charge in [-0.05, 0) is 37.5 Å². The molecule has 5 nitrogen and oxygen atoms in total. The number of rotatable bonds is 4. The van der Waals surface area contributed by atoms with Crippen LogP contribution < -0.4 is 5.32 Å². The molecular formula is C13H15BrN2O3. The van der Waals surface area contributed by atoms with Crippen LogP contribution in [0, 0.1) is 6.92 Å². The third-order valence-corrected chi connectivity index (χ3v) is 3.49. The number of benzene rings is 1. The number of anilines is 1. The van der Waals surface area contributed by atoms with Gasteiger partial charge >= 0.3 is 12.0 Å². The fourth-order valence-corrected chi connectivity index (χ4v) is 2.18. The maximum Gasteiger partial charge on any atom is 0.323 e. The van der Waals surface area contributed by atoms with E-state index in [9.17, 15) is 9.59 Å². The summed E-state index contributed by atoms with van der Waals surface area (Å²) in [6.45, 7) is 1.63. The van der Waals surface area contributed by atoms with Crippen LogP contribution in [-0.4, -0.2) is 34.6 Å². The van der Waals surface area contributed by atoms with Crippen LogP contribution in [0.5, 0.6) is 0 Å². The molecule has 1 aliphatic carbocycles. The first-order chi connectivity index (χ1) is 8.97. The van der Waals surface area contributed by atoms with Crippen molar-refractivity contribution in [1.29, 1.82) is 0 Å².